The van der Waals surface area contributed by atoms with E-state index < -0.39 is 6.04 Å². The van der Waals surface area contributed by atoms with Crippen LogP contribution in [0.3, 0.4) is 0 Å². The molecule has 0 unspecified atom stereocenters. The Morgan fingerprint density at radius 2 is 2.22 bits per heavy atom. The lowest BCUT2D eigenvalue weighted by atomic mass is 9.99. The van der Waals surface area contributed by atoms with Crippen molar-refractivity contribution in [3.63, 3.8) is 0 Å². The fraction of sp³-hybridized carbons (Fsp3) is 0.278. The van der Waals surface area contributed by atoms with E-state index in [-0.39, 0.29) is 11.8 Å². The summed E-state index contributed by atoms with van der Waals surface area (Å²) in [6.45, 7) is 4.20. The van der Waals surface area contributed by atoms with Crippen LogP contribution in [0.25, 0.3) is 5.52 Å². The Labute approximate surface area is 154 Å². The first-order valence-electron chi connectivity index (χ1n) is 8.70. The Kier molecular flexibility index (Phi) is 3.36. The number of amides is 1. The van der Waals surface area contributed by atoms with Crippen molar-refractivity contribution < 1.29 is 9.21 Å². The van der Waals surface area contributed by atoms with Crippen LogP contribution in [0.4, 0.5) is 0 Å². The maximum absolute atomic E-state index is 13.1. The molecule has 27 heavy (non-hydrogen) atoms. The van der Waals surface area contributed by atoms with Crippen LogP contribution in [-0.2, 0) is 6.42 Å². The topological polar surface area (TPSA) is 105 Å². The van der Waals surface area contributed by atoms with Crippen LogP contribution >= 0.6 is 0 Å². The molecule has 5 rings (SSSR count). The molecule has 9 heteroatoms. The van der Waals surface area contributed by atoms with E-state index in [1.165, 1.54) is 0 Å². The molecule has 1 atom stereocenters. The minimum absolute atomic E-state index is 0.0172. The van der Waals surface area contributed by atoms with Crippen LogP contribution in [0, 0.1) is 13.8 Å². The summed E-state index contributed by atoms with van der Waals surface area (Å²) >= 11 is 0. The van der Waals surface area contributed by atoms with Gasteiger partial charge in [0.2, 0.25) is 5.89 Å². The van der Waals surface area contributed by atoms with Gasteiger partial charge in [-0.3, -0.25) is 4.79 Å². The number of carbonyl (C=O) groups excluding carboxylic acids is 1. The van der Waals surface area contributed by atoms with Gasteiger partial charge in [0, 0.05) is 31.8 Å². The molecule has 1 aliphatic rings. The molecule has 1 aliphatic heterocycles. The van der Waals surface area contributed by atoms with E-state index in [1.807, 2.05) is 35.8 Å². The fourth-order valence-electron chi connectivity index (χ4n) is 3.61. The molecule has 0 spiro atoms. The predicted molar refractivity (Wildman–Crippen MR) is 94.1 cm³/mol. The SMILES string of the molecule is Cc1nnc(C(=O)N2CCc3[nH]cnc3[C@@H]2c2cc3c(C)cccn3n2)o1. The van der Waals surface area contributed by atoms with Crippen molar-refractivity contribution >= 4 is 11.4 Å². The standard InChI is InChI=1S/C18H17N7O2/c1-10-4-3-6-25-14(10)8-13(23-25)16-15-12(19-9-20-15)5-7-24(16)18(26)17-22-21-11(2)27-17/h3-4,6,8-9,16H,5,7H2,1-2H3,(H,19,20)/t16-/m0/s1. The molecular formula is C18H17N7O2. The molecule has 0 radical (unpaired) electrons. The second kappa shape index (κ2) is 5.76. The highest BCUT2D eigenvalue weighted by Gasteiger charge is 2.38. The number of nitrogens with zero attached hydrogens (tertiary/aromatic N) is 6. The molecule has 0 saturated heterocycles. The third-order valence-corrected chi connectivity index (χ3v) is 4.91. The van der Waals surface area contributed by atoms with Gasteiger partial charge in [-0.05, 0) is 24.6 Å². The fourth-order valence-corrected chi connectivity index (χ4v) is 3.61. The van der Waals surface area contributed by atoms with Crippen molar-refractivity contribution in [1.82, 2.24) is 34.7 Å². The van der Waals surface area contributed by atoms with Gasteiger partial charge in [-0.15, -0.1) is 10.2 Å². The maximum Gasteiger partial charge on any atom is 0.312 e. The lowest BCUT2D eigenvalue weighted by Crippen LogP contribution is -2.41. The molecule has 0 saturated carbocycles. The number of aryl methyl sites for hydroxylation is 2. The van der Waals surface area contributed by atoms with E-state index in [0.717, 1.165) is 28.2 Å². The lowest BCUT2D eigenvalue weighted by molar-refractivity contribution is 0.0644. The van der Waals surface area contributed by atoms with Gasteiger partial charge in [-0.1, -0.05) is 6.07 Å². The molecule has 136 valence electrons. The number of nitrogens with one attached hydrogen (secondary N) is 1. The van der Waals surface area contributed by atoms with Crippen LogP contribution < -0.4 is 0 Å². The van der Waals surface area contributed by atoms with Gasteiger partial charge in [0.15, 0.2) is 0 Å². The van der Waals surface area contributed by atoms with Gasteiger partial charge in [0.05, 0.1) is 23.2 Å². The molecule has 4 aromatic rings. The number of fused-ring (bicyclic) bond motifs is 2. The quantitative estimate of drug-likeness (QED) is 0.583. The summed E-state index contributed by atoms with van der Waals surface area (Å²) in [6.07, 6.45) is 4.23. The highest BCUT2D eigenvalue weighted by atomic mass is 16.4. The molecular weight excluding hydrogens is 346 g/mol. The van der Waals surface area contributed by atoms with E-state index in [4.69, 9.17) is 9.52 Å². The normalized spacial score (nSPS) is 16.7. The number of aromatic nitrogens is 6. The van der Waals surface area contributed by atoms with Crippen molar-refractivity contribution in [3.8, 4) is 0 Å². The number of hydrogen-bond donors (Lipinski definition) is 1. The first-order valence-corrected chi connectivity index (χ1v) is 8.70. The van der Waals surface area contributed by atoms with Crippen molar-refractivity contribution in [1.29, 1.82) is 0 Å². The Balaban J connectivity index is 1.64. The van der Waals surface area contributed by atoms with Crippen LogP contribution in [0.2, 0.25) is 0 Å². The number of imidazole rings is 1. The zero-order chi connectivity index (χ0) is 18.5. The van der Waals surface area contributed by atoms with Crippen LogP contribution in [-0.4, -0.2) is 47.1 Å². The average Bonchev–Trinajstić information content (AvgIpc) is 3.39. The molecule has 1 amide bonds. The Bertz CT molecular complexity index is 1160. The summed E-state index contributed by atoms with van der Waals surface area (Å²) in [5, 5.41) is 12.4. The zero-order valence-corrected chi connectivity index (χ0v) is 14.9. The van der Waals surface area contributed by atoms with E-state index in [0.29, 0.717) is 18.9 Å². The predicted octanol–water partition coefficient (Wildman–Crippen LogP) is 1.85. The van der Waals surface area contributed by atoms with Crippen molar-refractivity contribution in [2.24, 2.45) is 0 Å². The summed E-state index contributed by atoms with van der Waals surface area (Å²) in [7, 11) is 0. The molecule has 5 heterocycles. The third kappa shape index (κ3) is 2.42. The van der Waals surface area contributed by atoms with Crippen molar-refractivity contribution in [3.05, 3.63) is 65.1 Å². The van der Waals surface area contributed by atoms with Gasteiger partial charge < -0.3 is 14.3 Å². The summed E-state index contributed by atoms with van der Waals surface area (Å²) in [5.74, 6) is 0.0233. The van der Waals surface area contributed by atoms with Crippen molar-refractivity contribution in [2.75, 3.05) is 6.54 Å². The van der Waals surface area contributed by atoms with E-state index in [9.17, 15) is 4.79 Å². The Morgan fingerprint density at radius 1 is 1.33 bits per heavy atom. The number of pyridine rings is 1. The lowest BCUT2D eigenvalue weighted by Gasteiger charge is -2.32. The molecule has 4 aromatic heterocycles. The van der Waals surface area contributed by atoms with Crippen LogP contribution in [0.1, 0.15) is 45.3 Å². The largest absolute Gasteiger partial charge is 0.417 e. The average molecular weight is 363 g/mol. The summed E-state index contributed by atoms with van der Waals surface area (Å²) in [4.78, 5) is 22.4. The number of rotatable bonds is 2. The molecule has 0 aromatic carbocycles. The highest BCUT2D eigenvalue weighted by molar-refractivity contribution is 5.90. The van der Waals surface area contributed by atoms with E-state index in [1.54, 1.807) is 18.2 Å². The van der Waals surface area contributed by atoms with Gasteiger partial charge in [0.1, 0.15) is 6.04 Å². The second-order valence-electron chi connectivity index (χ2n) is 6.63. The molecule has 0 fully saturated rings. The number of aromatic amines is 1. The number of hydrogen-bond acceptors (Lipinski definition) is 6. The summed E-state index contributed by atoms with van der Waals surface area (Å²) in [6, 6.07) is 5.57. The Morgan fingerprint density at radius 3 is 3.00 bits per heavy atom. The number of carbonyl (C=O) groups is 1. The molecule has 0 bridgehead atoms. The second-order valence-corrected chi connectivity index (χ2v) is 6.63. The molecule has 0 aliphatic carbocycles. The van der Waals surface area contributed by atoms with Gasteiger partial charge in [0.25, 0.3) is 0 Å². The zero-order valence-electron chi connectivity index (χ0n) is 14.9. The summed E-state index contributed by atoms with van der Waals surface area (Å²) in [5.41, 5.74) is 4.67. The number of H-pyrrole nitrogens is 1. The van der Waals surface area contributed by atoms with Crippen molar-refractivity contribution in [2.45, 2.75) is 26.3 Å². The monoisotopic (exact) mass is 363 g/mol. The van der Waals surface area contributed by atoms with Crippen LogP contribution in [0.5, 0.6) is 0 Å². The van der Waals surface area contributed by atoms with Gasteiger partial charge >= 0.3 is 11.8 Å². The third-order valence-electron chi connectivity index (χ3n) is 4.91. The minimum Gasteiger partial charge on any atom is -0.417 e. The van der Waals surface area contributed by atoms with Gasteiger partial charge in [-0.25, -0.2) is 9.50 Å². The first-order chi connectivity index (χ1) is 13.1. The first kappa shape index (κ1) is 15.7. The van der Waals surface area contributed by atoms with Crippen LogP contribution in [0.15, 0.2) is 35.1 Å². The smallest absolute Gasteiger partial charge is 0.312 e. The maximum atomic E-state index is 13.1. The molecule has 1 N–H and O–H groups in total. The van der Waals surface area contributed by atoms with Gasteiger partial charge in [-0.2, -0.15) is 5.10 Å². The minimum atomic E-state index is -0.418. The highest BCUT2D eigenvalue weighted by Crippen LogP contribution is 2.34. The summed E-state index contributed by atoms with van der Waals surface area (Å²) < 4.78 is 7.19. The van der Waals surface area contributed by atoms with E-state index >= 15 is 0 Å². The van der Waals surface area contributed by atoms with E-state index in [2.05, 4.69) is 20.2 Å². The Hall–Kier alpha value is -3.49. The molecule has 9 nitrogen and oxygen atoms in total.